The zero-order chi connectivity index (χ0) is 11.4. The van der Waals surface area contributed by atoms with Crippen LogP contribution in [-0.4, -0.2) is 25.8 Å². The molecule has 0 saturated carbocycles. The lowest BCUT2D eigenvalue weighted by Crippen LogP contribution is -2.41. The maximum absolute atomic E-state index is 5.79. The molecule has 2 heteroatoms. The predicted octanol–water partition coefficient (Wildman–Crippen LogP) is 2.56. The maximum atomic E-state index is 5.79. The molecule has 2 rings (SSSR count). The highest BCUT2D eigenvalue weighted by molar-refractivity contribution is 5.21. The first kappa shape index (κ1) is 11.6. The van der Waals surface area contributed by atoms with Crippen molar-refractivity contribution in [3.63, 3.8) is 0 Å². The van der Waals surface area contributed by atoms with Crippen molar-refractivity contribution in [1.82, 2.24) is 5.32 Å². The van der Waals surface area contributed by atoms with Gasteiger partial charge in [0.25, 0.3) is 0 Å². The Morgan fingerprint density at radius 2 is 2.06 bits per heavy atom. The van der Waals surface area contributed by atoms with E-state index in [0.29, 0.717) is 18.1 Å². The quantitative estimate of drug-likeness (QED) is 0.840. The molecule has 1 fully saturated rings. The van der Waals surface area contributed by atoms with Gasteiger partial charge in [0, 0.05) is 12.6 Å². The monoisotopic (exact) mass is 219 g/mol. The minimum Gasteiger partial charge on any atom is -0.377 e. The van der Waals surface area contributed by atoms with E-state index in [1.807, 2.05) is 7.05 Å². The summed E-state index contributed by atoms with van der Waals surface area (Å²) in [4.78, 5) is 0. The van der Waals surface area contributed by atoms with Crippen molar-refractivity contribution in [2.45, 2.75) is 37.8 Å². The molecule has 0 aromatic heterocycles. The molecule has 0 unspecified atom stereocenters. The molecule has 1 heterocycles. The minimum atomic E-state index is 0.375. The molecular weight excluding hydrogens is 198 g/mol. The Balaban J connectivity index is 2.08. The SMILES string of the molecule is CN[C@@H]([C@H](C)c1ccccc1)[C@H]1CCCO1. The van der Waals surface area contributed by atoms with Crippen molar-refractivity contribution in [2.75, 3.05) is 13.7 Å². The lowest BCUT2D eigenvalue weighted by molar-refractivity contribution is 0.0737. The van der Waals surface area contributed by atoms with Crippen LogP contribution >= 0.6 is 0 Å². The first-order valence-corrected chi connectivity index (χ1v) is 6.16. The summed E-state index contributed by atoms with van der Waals surface area (Å²) in [6, 6.07) is 11.1. The zero-order valence-corrected chi connectivity index (χ0v) is 10.1. The highest BCUT2D eigenvalue weighted by atomic mass is 16.5. The fourth-order valence-electron chi connectivity index (χ4n) is 2.61. The number of benzene rings is 1. The lowest BCUT2D eigenvalue weighted by atomic mass is 9.89. The normalized spacial score (nSPS) is 24.2. The van der Waals surface area contributed by atoms with Crippen LogP contribution in [0.2, 0.25) is 0 Å². The van der Waals surface area contributed by atoms with Crippen LogP contribution in [0.25, 0.3) is 0 Å². The number of likely N-dealkylation sites (N-methyl/N-ethyl adjacent to an activating group) is 1. The van der Waals surface area contributed by atoms with E-state index in [0.717, 1.165) is 6.61 Å². The number of ether oxygens (including phenoxy) is 1. The highest BCUT2D eigenvalue weighted by Gasteiger charge is 2.29. The van der Waals surface area contributed by atoms with Crippen molar-refractivity contribution in [2.24, 2.45) is 0 Å². The predicted molar refractivity (Wildman–Crippen MR) is 66.7 cm³/mol. The van der Waals surface area contributed by atoms with Gasteiger partial charge in [0.2, 0.25) is 0 Å². The van der Waals surface area contributed by atoms with Crippen LogP contribution in [0.3, 0.4) is 0 Å². The summed E-state index contributed by atoms with van der Waals surface area (Å²) < 4.78 is 5.79. The van der Waals surface area contributed by atoms with Gasteiger partial charge < -0.3 is 10.1 Å². The van der Waals surface area contributed by atoms with Crippen LogP contribution in [0.15, 0.2) is 30.3 Å². The van der Waals surface area contributed by atoms with Gasteiger partial charge in [-0.25, -0.2) is 0 Å². The Hall–Kier alpha value is -0.860. The number of nitrogens with one attached hydrogen (secondary N) is 1. The molecule has 0 spiro atoms. The van der Waals surface area contributed by atoms with E-state index in [9.17, 15) is 0 Å². The first-order chi connectivity index (χ1) is 7.83. The lowest BCUT2D eigenvalue weighted by Gasteiger charge is -2.28. The van der Waals surface area contributed by atoms with E-state index < -0.39 is 0 Å². The summed E-state index contributed by atoms with van der Waals surface area (Å²) in [6.07, 6.45) is 2.76. The Morgan fingerprint density at radius 3 is 2.62 bits per heavy atom. The molecule has 0 bridgehead atoms. The van der Waals surface area contributed by atoms with Crippen LogP contribution in [-0.2, 0) is 4.74 Å². The molecule has 1 aromatic rings. The maximum Gasteiger partial charge on any atom is 0.0734 e. The van der Waals surface area contributed by atoms with Crippen LogP contribution in [0.5, 0.6) is 0 Å². The summed E-state index contributed by atoms with van der Waals surface area (Å²) in [7, 11) is 2.03. The zero-order valence-electron chi connectivity index (χ0n) is 10.1. The molecule has 1 saturated heterocycles. The van der Waals surface area contributed by atoms with Gasteiger partial charge in [0.1, 0.15) is 0 Å². The molecule has 0 aliphatic carbocycles. The molecule has 88 valence electrons. The van der Waals surface area contributed by atoms with Gasteiger partial charge in [-0.1, -0.05) is 37.3 Å². The molecule has 0 amide bonds. The molecule has 3 atom stereocenters. The van der Waals surface area contributed by atoms with E-state index in [2.05, 4.69) is 42.6 Å². The van der Waals surface area contributed by atoms with E-state index in [4.69, 9.17) is 4.74 Å². The average molecular weight is 219 g/mol. The van der Waals surface area contributed by atoms with Crippen molar-refractivity contribution < 1.29 is 4.74 Å². The third-order valence-corrected chi connectivity index (χ3v) is 3.56. The molecular formula is C14H21NO. The average Bonchev–Trinajstić information content (AvgIpc) is 2.85. The fourth-order valence-corrected chi connectivity index (χ4v) is 2.61. The van der Waals surface area contributed by atoms with Crippen LogP contribution in [0.1, 0.15) is 31.2 Å². The van der Waals surface area contributed by atoms with Gasteiger partial charge >= 0.3 is 0 Å². The summed E-state index contributed by atoms with van der Waals surface area (Å²) >= 11 is 0. The van der Waals surface area contributed by atoms with Crippen molar-refractivity contribution in [3.8, 4) is 0 Å². The van der Waals surface area contributed by atoms with Crippen LogP contribution in [0, 0.1) is 0 Å². The van der Waals surface area contributed by atoms with Crippen molar-refractivity contribution in [1.29, 1.82) is 0 Å². The summed E-state index contributed by atoms with van der Waals surface area (Å²) in [6.45, 7) is 3.20. The van der Waals surface area contributed by atoms with E-state index in [1.54, 1.807) is 0 Å². The number of hydrogen-bond acceptors (Lipinski definition) is 2. The van der Waals surface area contributed by atoms with E-state index >= 15 is 0 Å². The van der Waals surface area contributed by atoms with Crippen molar-refractivity contribution >= 4 is 0 Å². The Labute approximate surface area is 98.0 Å². The Morgan fingerprint density at radius 1 is 1.31 bits per heavy atom. The minimum absolute atomic E-state index is 0.375. The molecule has 1 N–H and O–H groups in total. The van der Waals surface area contributed by atoms with Gasteiger partial charge in [0.05, 0.1) is 6.10 Å². The molecule has 1 aromatic carbocycles. The van der Waals surface area contributed by atoms with Gasteiger partial charge in [0.15, 0.2) is 0 Å². The van der Waals surface area contributed by atoms with E-state index in [1.165, 1.54) is 18.4 Å². The summed E-state index contributed by atoms with van der Waals surface area (Å²) in [5, 5.41) is 3.42. The molecule has 2 nitrogen and oxygen atoms in total. The van der Waals surface area contributed by atoms with Gasteiger partial charge in [-0.2, -0.15) is 0 Å². The Kier molecular flexibility index (Phi) is 3.97. The fraction of sp³-hybridized carbons (Fsp3) is 0.571. The second-order valence-corrected chi connectivity index (χ2v) is 4.57. The number of hydrogen-bond donors (Lipinski definition) is 1. The number of rotatable bonds is 4. The summed E-state index contributed by atoms with van der Waals surface area (Å²) in [5.41, 5.74) is 1.39. The largest absolute Gasteiger partial charge is 0.377 e. The Bertz CT molecular complexity index is 306. The molecule has 16 heavy (non-hydrogen) atoms. The topological polar surface area (TPSA) is 21.3 Å². The van der Waals surface area contributed by atoms with Crippen LogP contribution < -0.4 is 5.32 Å². The van der Waals surface area contributed by atoms with E-state index in [-0.39, 0.29) is 0 Å². The second-order valence-electron chi connectivity index (χ2n) is 4.57. The first-order valence-electron chi connectivity index (χ1n) is 6.16. The summed E-state index contributed by atoms with van der Waals surface area (Å²) in [5.74, 6) is 0.495. The second kappa shape index (κ2) is 5.46. The third-order valence-electron chi connectivity index (χ3n) is 3.56. The highest BCUT2D eigenvalue weighted by Crippen LogP contribution is 2.26. The molecule has 1 aliphatic heterocycles. The van der Waals surface area contributed by atoms with Gasteiger partial charge in [-0.15, -0.1) is 0 Å². The molecule has 0 radical (unpaired) electrons. The van der Waals surface area contributed by atoms with Gasteiger partial charge in [-0.05, 0) is 31.4 Å². The smallest absolute Gasteiger partial charge is 0.0734 e. The van der Waals surface area contributed by atoms with Crippen molar-refractivity contribution in [3.05, 3.63) is 35.9 Å². The molecule has 1 aliphatic rings. The van der Waals surface area contributed by atoms with Gasteiger partial charge in [-0.3, -0.25) is 0 Å². The third kappa shape index (κ3) is 2.45. The standard InChI is InChI=1S/C14H21NO/c1-11(12-7-4-3-5-8-12)14(15-2)13-9-6-10-16-13/h3-5,7-8,11,13-15H,6,9-10H2,1-2H3/t11-,13-,14+/m1/s1. The van der Waals surface area contributed by atoms with Crippen LogP contribution in [0.4, 0.5) is 0 Å².